The van der Waals surface area contributed by atoms with Crippen LogP contribution in [0, 0.1) is 0 Å². The lowest BCUT2D eigenvalue weighted by atomic mass is 10.2. The fourth-order valence-corrected chi connectivity index (χ4v) is 1.21. The minimum atomic E-state index is -0.262. The summed E-state index contributed by atoms with van der Waals surface area (Å²) in [5.74, 6) is -0.262. The first-order valence-electron chi connectivity index (χ1n) is 5.22. The first kappa shape index (κ1) is 11.7. The molecule has 1 aromatic rings. The maximum atomic E-state index is 11.5. The van der Waals surface area contributed by atoms with Gasteiger partial charge in [0, 0.05) is 0 Å². The smallest absolute Gasteiger partial charge is 0.339 e. The van der Waals surface area contributed by atoms with Gasteiger partial charge in [-0.2, -0.15) is 0 Å². The molecule has 0 unspecified atom stereocenters. The van der Waals surface area contributed by atoms with Crippen LogP contribution in [0.2, 0.25) is 0 Å². The molecule has 0 heterocycles. The van der Waals surface area contributed by atoms with Gasteiger partial charge in [-0.25, -0.2) is 4.79 Å². The van der Waals surface area contributed by atoms with E-state index in [1.807, 2.05) is 36.9 Å². The zero-order valence-electron chi connectivity index (χ0n) is 9.27. The molecule has 0 amide bonds. The van der Waals surface area contributed by atoms with E-state index in [0.29, 0.717) is 12.3 Å². The van der Waals surface area contributed by atoms with Crippen molar-refractivity contribution in [1.29, 1.82) is 0 Å². The van der Waals surface area contributed by atoms with E-state index in [4.69, 9.17) is 4.74 Å². The molecule has 0 bridgehead atoms. The van der Waals surface area contributed by atoms with Crippen LogP contribution in [0.25, 0.3) is 0 Å². The van der Waals surface area contributed by atoms with Gasteiger partial charge in [0.2, 0.25) is 0 Å². The van der Waals surface area contributed by atoms with Gasteiger partial charge >= 0.3 is 5.97 Å². The third-order valence-electron chi connectivity index (χ3n) is 2.28. The first-order chi connectivity index (χ1) is 7.27. The Bertz CT molecular complexity index is 294. The Hall–Kier alpha value is -1.35. The summed E-state index contributed by atoms with van der Waals surface area (Å²) in [7, 11) is 0. The quantitative estimate of drug-likeness (QED) is 0.547. The van der Waals surface area contributed by atoms with Gasteiger partial charge in [-0.05, 0) is 25.2 Å². The Morgan fingerprint density at radius 3 is 2.33 bits per heavy atom. The summed E-state index contributed by atoms with van der Waals surface area (Å²) in [6.07, 6.45) is 0. The average Bonchev–Trinajstić information content (AvgIpc) is 2.31. The van der Waals surface area contributed by atoms with E-state index in [-0.39, 0.29) is 5.97 Å². The highest BCUT2D eigenvalue weighted by Crippen LogP contribution is 2.01. The predicted octanol–water partition coefficient (Wildman–Crippen LogP) is 2.14. The molecule has 0 saturated heterocycles. The highest BCUT2D eigenvalue weighted by Gasteiger charge is 2.07. The van der Waals surface area contributed by atoms with E-state index >= 15 is 0 Å². The number of benzene rings is 1. The molecule has 0 aliphatic carbocycles. The third kappa shape index (κ3) is 3.72. The number of hydrogen-bond acceptors (Lipinski definition) is 3. The van der Waals surface area contributed by atoms with Crippen LogP contribution in [0.4, 0.5) is 0 Å². The van der Waals surface area contributed by atoms with Crippen LogP contribution in [0.1, 0.15) is 24.2 Å². The minimum absolute atomic E-state index is 0.262. The van der Waals surface area contributed by atoms with Crippen LogP contribution in [0.3, 0.4) is 0 Å². The summed E-state index contributed by atoms with van der Waals surface area (Å²) in [6, 6.07) is 9.04. The molecule has 0 spiro atoms. The second kappa shape index (κ2) is 6.19. The molecule has 0 saturated carbocycles. The van der Waals surface area contributed by atoms with E-state index in [2.05, 4.69) is 0 Å². The van der Waals surface area contributed by atoms with Crippen molar-refractivity contribution in [2.45, 2.75) is 13.8 Å². The highest BCUT2D eigenvalue weighted by molar-refractivity contribution is 5.89. The van der Waals surface area contributed by atoms with Crippen molar-refractivity contribution in [1.82, 2.24) is 4.90 Å². The van der Waals surface area contributed by atoms with Crippen LogP contribution in [0.5, 0.6) is 0 Å². The predicted molar refractivity (Wildman–Crippen MR) is 59.6 cm³/mol. The molecular weight excluding hydrogens is 190 g/mol. The molecule has 3 nitrogen and oxygen atoms in total. The van der Waals surface area contributed by atoms with E-state index in [1.54, 1.807) is 12.1 Å². The zero-order valence-corrected chi connectivity index (χ0v) is 9.27. The number of rotatable bonds is 5. The Kier molecular flexibility index (Phi) is 4.84. The second-order valence-corrected chi connectivity index (χ2v) is 3.23. The average molecular weight is 207 g/mol. The van der Waals surface area contributed by atoms with Crippen molar-refractivity contribution in [3.05, 3.63) is 35.9 Å². The van der Waals surface area contributed by atoms with Gasteiger partial charge in [-0.1, -0.05) is 32.0 Å². The standard InChI is InChI=1S/C12H17NO2/c1-3-13(4-2)10-15-12(14)11-8-6-5-7-9-11/h5-9H,3-4,10H2,1-2H3. The topological polar surface area (TPSA) is 29.5 Å². The number of ether oxygens (including phenoxy) is 1. The number of esters is 1. The van der Waals surface area contributed by atoms with Crippen LogP contribution in [0.15, 0.2) is 30.3 Å². The molecule has 0 N–H and O–H groups in total. The summed E-state index contributed by atoms with van der Waals surface area (Å²) in [6.45, 7) is 6.22. The molecule has 0 radical (unpaired) electrons. The number of carbonyl (C=O) groups is 1. The van der Waals surface area contributed by atoms with Crippen LogP contribution < -0.4 is 0 Å². The summed E-state index contributed by atoms with van der Waals surface area (Å²) in [5.41, 5.74) is 0.602. The Morgan fingerprint density at radius 1 is 1.20 bits per heavy atom. The Morgan fingerprint density at radius 2 is 1.80 bits per heavy atom. The first-order valence-corrected chi connectivity index (χ1v) is 5.22. The molecule has 1 rings (SSSR count). The summed E-state index contributed by atoms with van der Waals surface area (Å²) >= 11 is 0. The van der Waals surface area contributed by atoms with Gasteiger partial charge in [0.25, 0.3) is 0 Å². The SMILES string of the molecule is CCN(CC)COC(=O)c1ccccc1. The van der Waals surface area contributed by atoms with Crippen molar-refractivity contribution in [3.8, 4) is 0 Å². The van der Waals surface area contributed by atoms with Gasteiger partial charge in [-0.15, -0.1) is 0 Å². The summed E-state index contributed by atoms with van der Waals surface area (Å²) in [4.78, 5) is 13.6. The fraction of sp³-hybridized carbons (Fsp3) is 0.417. The number of carbonyl (C=O) groups excluding carboxylic acids is 1. The lowest BCUT2D eigenvalue weighted by Gasteiger charge is -2.17. The second-order valence-electron chi connectivity index (χ2n) is 3.23. The van der Waals surface area contributed by atoms with Gasteiger partial charge in [-0.3, -0.25) is 4.90 Å². The van der Waals surface area contributed by atoms with Crippen molar-refractivity contribution in [2.75, 3.05) is 19.8 Å². The third-order valence-corrected chi connectivity index (χ3v) is 2.28. The Balaban J connectivity index is 2.43. The lowest BCUT2D eigenvalue weighted by Crippen LogP contribution is -2.27. The van der Waals surface area contributed by atoms with Crippen molar-refractivity contribution >= 4 is 5.97 Å². The Labute approximate surface area is 90.7 Å². The van der Waals surface area contributed by atoms with E-state index in [0.717, 1.165) is 13.1 Å². The summed E-state index contributed by atoms with van der Waals surface area (Å²) < 4.78 is 5.16. The van der Waals surface area contributed by atoms with Crippen LogP contribution in [-0.2, 0) is 4.74 Å². The maximum absolute atomic E-state index is 11.5. The fourth-order valence-electron chi connectivity index (χ4n) is 1.21. The lowest BCUT2D eigenvalue weighted by molar-refractivity contribution is 0.0240. The maximum Gasteiger partial charge on any atom is 0.339 e. The van der Waals surface area contributed by atoms with Crippen molar-refractivity contribution < 1.29 is 9.53 Å². The molecule has 0 atom stereocenters. The van der Waals surface area contributed by atoms with Crippen LogP contribution in [-0.4, -0.2) is 30.7 Å². The number of hydrogen-bond donors (Lipinski definition) is 0. The molecule has 82 valence electrons. The number of nitrogens with zero attached hydrogens (tertiary/aromatic N) is 1. The monoisotopic (exact) mass is 207 g/mol. The molecule has 0 aliphatic heterocycles. The molecule has 3 heteroatoms. The van der Waals surface area contributed by atoms with Gasteiger partial charge in [0.05, 0.1) is 5.56 Å². The molecule has 0 aliphatic rings. The minimum Gasteiger partial charge on any atom is -0.446 e. The van der Waals surface area contributed by atoms with Gasteiger partial charge in [0.15, 0.2) is 0 Å². The van der Waals surface area contributed by atoms with Crippen molar-refractivity contribution in [3.63, 3.8) is 0 Å². The normalized spacial score (nSPS) is 10.3. The molecule has 0 fully saturated rings. The van der Waals surface area contributed by atoms with E-state index in [9.17, 15) is 4.79 Å². The molecular formula is C12H17NO2. The largest absolute Gasteiger partial charge is 0.446 e. The molecule has 1 aromatic carbocycles. The van der Waals surface area contributed by atoms with Crippen molar-refractivity contribution in [2.24, 2.45) is 0 Å². The molecule has 15 heavy (non-hydrogen) atoms. The summed E-state index contributed by atoms with van der Waals surface area (Å²) in [5, 5.41) is 0. The highest BCUT2D eigenvalue weighted by atomic mass is 16.5. The van der Waals surface area contributed by atoms with E-state index in [1.165, 1.54) is 0 Å². The van der Waals surface area contributed by atoms with E-state index < -0.39 is 0 Å². The van der Waals surface area contributed by atoms with Crippen LogP contribution >= 0.6 is 0 Å². The zero-order chi connectivity index (χ0) is 11.1. The van der Waals surface area contributed by atoms with Gasteiger partial charge < -0.3 is 4.74 Å². The molecule has 0 aromatic heterocycles. The van der Waals surface area contributed by atoms with Gasteiger partial charge in [0.1, 0.15) is 6.73 Å².